The van der Waals surface area contributed by atoms with Crippen molar-refractivity contribution in [1.29, 1.82) is 0 Å². The van der Waals surface area contributed by atoms with Crippen LogP contribution in [0.1, 0.15) is 41.1 Å². The van der Waals surface area contributed by atoms with Crippen LogP contribution in [0.4, 0.5) is 0 Å². The Kier molecular flexibility index (Phi) is 5.03. The number of methoxy groups -OCH3 is 1. The first-order valence-corrected chi connectivity index (χ1v) is 7.46. The van der Waals surface area contributed by atoms with Crippen LogP contribution in [-0.2, 0) is 0 Å². The molecule has 0 amide bonds. The minimum absolute atomic E-state index is 0.224. The second-order valence-electron chi connectivity index (χ2n) is 5.60. The quantitative estimate of drug-likeness (QED) is 0.879. The van der Waals surface area contributed by atoms with E-state index in [4.69, 9.17) is 4.74 Å². The molecule has 0 aromatic heterocycles. The summed E-state index contributed by atoms with van der Waals surface area (Å²) in [7, 11) is 3.77. The van der Waals surface area contributed by atoms with E-state index < -0.39 is 0 Å². The Bertz CT molecular complexity index is 592. The number of likely N-dealkylation sites (N-methyl/N-ethyl adjacent to an activating group) is 1. The summed E-state index contributed by atoms with van der Waals surface area (Å²) in [5.41, 5.74) is 5.03. The monoisotopic (exact) mass is 283 g/mol. The van der Waals surface area contributed by atoms with Crippen LogP contribution in [-0.4, -0.2) is 14.2 Å². The molecule has 0 radical (unpaired) electrons. The Morgan fingerprint density at radius 1 is 1.00 bits per heavy atom. The summed E-state index contributed by atoms with van der Waals surface area (Å²) in [6.45, 7) is 6.50. The van der Waals surface area contributed by atoms with Gasteiger partial charge in [0.2, 0.25) is 0 Å². The fourth-order valence-corrected chi connectivity index (χ4v) is 2.95. The minimum atomic E-state index is 0.224. The maximum Gasteiger partial charge on any atom is 0.126 e. The van der Waals surface area contributed by atoms with Crippen LogP contribution in [0, 0.1) is 13.8 Å². The average Bonchev–Trinajstić information content (AvgIpc) is 2.52. The zero-order chi connectivity index (χ0) is 15.4. The third kappa shape index (κ3) is 3.11. The molecule has 2 rings (SSSR count). The standard InChI is InChI=1S/C19H25NO/c1-13-11-12-17(19(21-5)14(13)2)18(20-4)15(3)16-9-7-6-8-10-16/h6-12,15,18,20H,1-5H3. The number of benzene rings is 2. The van der Waals surface area contributed by atoms with Gasteiger partial charge in [0.25, 0.3) is 0 Å². The predicted octanol–water partition coefficient (Wildman–Crippen LogP) is 4.38. The molecular formula is C19H25NO. The Morgan fingerprint density at radius 2 is 1.67 bits per heavy atom. The van der Waals surface area contributed by atoms with Gasteiger partial charge >= 0.3 is 0 Å². The maximum absolute atomic E-state index is 5.69. The molecule has 21 heavy (non-hydrogen) atoms. The van der Waals surface area contributed by atoms with Crippen molar-refractivity contribution in [1.82, 2.24) is 5.32 Å². The second kappa shape index (κ2) is 6.77. The molecule has 112 valence electrons. The van der Waals surface area contributed by atoms with Gasteiger partial charge in [-0.25, -0.2) is 0 Å². The van der Waals surface area contributed by atoms with E-state index in [9.17, 15) is 0 Å². The molecule has 0 bridgehead atoms. The van der Waals surface area contributed by atoms with Crippen molar-refractivity contribution in [2.24, 2.45) is 0 Å². The zero-order valence-electron chi connectivity index (χ0n) is 13.6. The molecule has 0 heterocycles. The second-order valence-corrected chi connectivity index (χ2v) is 5.60. The van der Waals surface area contributed by atoms with E-state index in [1.165, 1.54) is 22.3 Å². The Hall–Kier alpha value is -1.80. The summed E-state index contributed by atoms with van der Waals surface area (Å²) in [6.07, 6.45) is 0. The van der Waals surface area contributed by atoms with Gasteiger partial charge in [-0.1, -0.05) is 49.4 Å². The van der Waals surface area contributed by atoms with Crippen LogP contribution in [0.5, 0.6) is 5.75 Å². The summed E-state index contributed by atoms with van der Waals surface area (Å²) in [5.74, 6) is 1.37. The first kappa shape index (κ1) is 15.6. The van der Waals surface area contributed by atoms with Crippen molar-refractivity contribution in [3.8, 4) is 5.75 Å². The Morgan fingerprint density at radius 3 is 2.24 bits per heavy atom. The lowest BCUT2D eigenvalue weighted by Gasteiger charge is -2.27. The molecule has 0 fully saturated rings. The molecule has 2 atom stereocenters. The third-order valence-corrected chi connectivity index (χ3v) is 4.38. The van der Waals surface area contributed by atoms with E-state index in [1.54, 1.807) is 7.11 Å². The van der Waals surface area contributed by atoms with Gasteiger partial charge in [0, 0.05) is 17.5 Å². The summed E-state index contributed by atoms with van der Waals surface area (Å²) in [6, 6.07) is 15.2. The van der Waals surface area contributed by atoms with Crippen LogP contribution in [0.3, 0.4) is 0 Å². The molecule has 0 aliphatic rings. The van der Waals surface area contributed by atoms with Gasteiger partial charge in [-0.05, 0) is 37.6 Å². The fraction of sp³-hybridized carbons (Fsp3) is 0.368. The minimum Gasteiger partial charge on any atom is -0.496 e. The molecular weight excluding hydrogens is 258 g/mol. The zero-order valence-corrected chi connectivity index (χ0v) is 13.6. The van der Waals surface area contributed by atoms with Crippen molar-refractivity contribution < 1.29 is 4.74 Å². The molecule has 2 aromatic carbocycles. The summed E-state index contributed by atoms with van der Waals surface area (Å²) < 4.78 is 5.69. The number of hydrogen-bond donors (Lipinski definition) is 1. The van der Waals surface area contributed by atoms with Gasteiger partial charge in [-0.2, -0.15) is 0 Å². The summed E-state index contributed by atoms with van der Waals surface area (Å²) in [4.78, 5) is 0. The Balaban J connectivity index is 2.45. The third-order valence-electron chi connectivity index (χ3n) is 4.38. The smallest absolute Gasteiger partial charge is 0.126 e. The highest BCUT2D eigenvalue weighted by atomic mass is 16.5. The molecule has 0 saturated heterocycles. The first-order valence-electron chi connectivity index (χ1n) is 7.46. The van der Waals surface area contributed by atoms with Crippen LogP contribution in [0.25, 0.3) is 0 Å². The van der Waals surface area contributed by atoms with E-state index in [0.29, 0.717) is 5.92 Å². The number of rotatable bonds is 5. The van der Waals surface area contributed by atoms with Crippen LogP contribution < -0.4 is 10.1 Å². The molecule has 0 aliphatic carbocycles. The maximum atomic E-state index is 5.69. The van der Waals surface area contributed by atoms with E-state index in [2.05, 4.69) is 68.6 Å². The predicted molar refractivity (Wildman–Crippen MR) is 89.1 cm³/mol. The van der Waals surface area contributed by atoms with Gasteiger partial charge in [0.1, 0.15) is 5.75 Å². The summed E-state index contributed by atoms with van der Waals surface area (Å²) in [5, 5.41) is 3.46. The molecule has 2 unspecified atom stereocenters. The molecule has 0 saturated carbocycles. The highest BCUT2D eigenvalue weighted by Crippen LogP contribution is 2.37. The van der Waals surface area contributed by atoms with Gasteiger partial charge in [0.15, 0.2) is 0 Å². The van der Waals surface area contributed by atoms with Gasteiger partial charge in [-0.15, -0.1) is 0 Å². The molecule has 0 aliphatic heterocycles. The number of aryl methyl sites for hydroxylation is 1. The molecule has 2 aromatic rings. The molecule has 1 N–H and O–H groups in total. The number of nitrogens with one attached hydrogen (secondary N) is 1. The first-order chi connectivity index (χ1) is 10.1. The number of ether oxygens (including phenoxy) is 1. The average molecular weight is 283 g/mol. The molecule has 2 heteroatoms. The molecule has 0 spiro atoms. The Labute approximate surface area is 128 Å². The summed E-state index contributed by atoms with van der Waals surface area (Å²) >= 11 is 0. The lowest BCUT2D eigenvalue weighted by Crippen LogP contribution is -2.23. The number of hydrogen-bond acceptors (Lipinski definition) is 2. The van der Waals surface area contributed by atoms with Crippen molar-refractivity contribution in [3.63, 3.8) is 0 Å². The molecule has 2 nitrogen and oxygen atoms in total. The van der Waals surface area contributed by atoms with Crippen molar-refractivity contribution in [3.05, 3.63) is 64.7 Å². The van der Waals surface area contributed by atoms with Crippen molar-refractivity contribution >= 4 is 0 Å². The van der Waals surface area contributed by atoms with Crippen molar-refractivity contribution in [2.75, 3.05) is 14.2 Å². The van der Waals surface area contributed by atoms with E-state index in [-0.39, 0.29) is 6.04 Å². The van der Waals surface area contributed by atoms with E-state index in [1.807, 2.05) is 7.05 Å². The van der Waals surface area contributed by atoms with E-state index >= 15 is 0 Å². The highest BCUT2D eigenvalue weighted by Gasteiger charge is 2.23. The normalized spacial score (nSPS) is 13.8. The van der Waals surface area contributed by atoms with Gasteiger partial charge in [-0.3, -0.25) is 0 Å². The van der Waals surface area contributed by atoms with Gasteiger partial charge in [0.05, 0.1) is 7.11 Å². The lowest BCUT2D eigenvalue weighted by molar-refractivity contribution is 0.391. The van der Waals surface area contributed by atoms with Gasteiger partial charge < -0.3 is 10.1 Å². The van der Waals surface area contributed by atoms with E-state index in [0.717, 1.165) is 5.75 Å². The van der Waals surface area contributed by atoms with Crippen molar-refractivity contribution in [2.45, 2.75) is 32.7 Å². The largest absolute Gasteiger partial charge is 0.496 e. The topological polar surface area (TPSA) is 21.3 Å². The van der Waals surface area contributed by atoms with Crippen LogP contribution in [0.2, 0.25) is 0 Å². The fourth-order valence-electron chi connectivity index (χ4n) is 2.95. The lowest BCUT2D eigenvalue weighted by atomic mass is 9.87. The van der Waals surface area contributed by atoms with Crippen LogP contribution >= 0.6 is 0 Å². The highest BCUT2D eigenvalue weighted by molar-refractivity contribution is 5.47. The van der Waals surface area contributed by atoms with Crippen LogP contribution in [0.15, 0.2) is 42.5 Å². The SMILES string of the molecule is CNC(c1ccc(C)c(C)c1OC)C(C)c1ccccc1.